The Kier molecular flexibility index (Phi) is 4.07. The molecule has 5 heteroatoms. The van der Waals surface area contributed by atoms with Crippen LogP contribution in [0.4, 0.5) is 0 Å². The van der Waals surface area contributed by atoms with E-state index in [-0.39, 0.29) is 0 Å². The van der Waals surface area contributed by atoms with Gasteiger partial charge in [-0.05, 0) is 29.3 Å². The van der Waals surface area contributed by atoms with Crippen molar-refractivity contribution >= 4 is 11.3 Å². The van der Waals surface area contributed by atoms with Crippen LogP contribution in [0.25, 0.3) is 0 Å². The molecular weight excluding hydrogens is 220 g/mol. The molecule has 0 bridgehead atoms. The van der Waals surface area contributed by atoms with Gasteiger partial charge in [-0.3, -0.25) is 0 Å². The van der Waals surface area contributed by atoms with Crippen molar-refractivity contribution in [1.82, 2.24) is 20.1 Å². The number of thiophene rings is 1. The highest BCUT2D eigenvalue weighted by Gasteiger charge is 2.01. The van der Waals surface area contributed by atoms with E-state index in [0.29, 0.717) is 0 Å². The maximum absolute atomic E-state index is 4.10. The Hall–Kier alpha value is -1.20. The van der Waals surface area contributed by atoms with Gasteiger partial charge in [0.05, 0.1) is 0 Å². The standard InChI is InChI=1S/C11H16N4S/c1-2-15-9-13-14-11(15)3-5-12-7-10-4-6-16-8-10/h4,6,8-9,12H,2-3,5,7H2,1H3. The first kappa shape index (κ1) is 11.3. The molecule has 86 valence electrons. The van der Waals surface area contributed by atoms with Gasteiger partial charge in [-0.15, -0.1) is 10.2 Å². The van der Waals surface area contributed by atoms with Gasteiger partial charge in [-0.1, -0.05) is 0 Å². The average Bonchev–Trinajstić information content (AvgIpc) is 2.95. The van der Waals surface area contributed by atoms with Crippen LogP contribution in [0, 0.1) is 0 Å². The van der Waals surface area contributed by atoms with Gasteiger partial charge in [0.25, 0.3) is 0 Å². The molecule has 0 amide bonds. The van der Waals surface area contributed by atoms with Crippen LogP contribution in [0.3, 0.4) is 0 Å². The lowest BCUT2D eigenvalue weighted by atomic mass is 10.3. The fourth-order valence-corrected chi connectivity index (χ4v) is 2.23. The largest absolute Gasteiger partial charge is 0.318 e. The van der Waals surface area contributed by atoms with Crippen LogP contribution in [-0.4, -0.2) is 21.3 Å². The Morgan fingerprint density at radius 1 is 1.50 bits per heavy atom. The summed E-state index contributed by atoms with van der Waals surface area (Å²) in [5.74, 6) is 1.06. The predicted octanol–water partition coefficient (Wildman–Crippen LogP) is 1.69. The van der Waals surface area contributed by atoms with Gasteiger partial charge in [-0.25, -0.2) is 0 Å². The highest BCUT2D eigenvalue weighted by atomic mass is 32.1. The molecule has 0 spiro atoms. The fourth-order valence-electron chi connectivity index (χ4n) is 1.56. The van der Waals surface area contributed by atoms with E-state index in [1.807, 2.05) is 0 Å². The highest BCUT2D eigenvalue weighted by Crippen LogP contribution is 2.04. The Morgan fingerprint density at radius 3 is 3.19 bits per heavy atom. The lowest BCUT2D eigenvalue weighted by Gasteiger charge is -2.04. The molecule has 0 aliphatic carbocycles. The van der Waals surface area contributed by atoms with Crippen LogP contribution >= 0.6 is 11.3 Å². The van der Waals surface area contributed by atoms with Gasteiger partial charge in [-0.2, -0.15) is 11.3 Å². The van der Waals surface area contributed by atoms with E-state index >= 15 is 0 Å². The van der Waals surface area contributed by atoms with E-state index in [1.165, 1.54) is 5.56 Å². The zero-order valence-corrected chi connectivity index (χ0v) is 10.2. The van der Waals surface area contributed by atoms with Crippen molar-refractivity contribution < 1.29 is 0 Å². The number of rotatable bonds is 6. The molecule has 0 aliphatic heterocycles. The molecule has 1 N–H and O–H groups in total. The van der Waals surface area contributed by atoms with Gasteiger partial charge < -0.3 is 9.88 Å². The minimum Gasteiger partial charge on any atom is -0.318 e. The topological polar surface area (TPSA) is 42.7 Å². The third-order valence-corrected chi connectivity index (χ3v) is 3.20. The normalized spacial score (nSPS) is 10.8. The van der Waals surface area contributed by atoms with E-state index in [2.05, 4.69) is 43.8 Å². The molecule has 2 heterocycles. The smallest absolute Gasteiger partial charge is 0.134 e. The van der Waals surface area contributed by atoms with Crippen LogP contribution in [-0.2, 0) is 19.5 Å². The van der Waals surface area contributed by atoms with Crippen molar-refractivity contribution in [3.05, 3.63) is 34.5 Å². The minimum atomic E-state index is 0.929. The molecule has 16 heavy (non-hydrogen) atoms. The second kappa shape index (κ2) is 5.77. The molecule has 2 aromatic heterocycles. The molecule has 0 radical (unpaired) electrons. The predicted molar refractivity (Wildman–Crippen MR) is 65.4 cm³/mol. The van der Waals surface area contributed by atoms with Gasteiger partial charge >= 0.3 is 0 Å². The van der Waals surface area contributed by atoms with Crippen LogP contribution in [0.2, 0.25) is 0 Å². The maximum atomic E-state index is 4.10. The van der Waals surface area contributed by atoms with Crippen molar-refractivity contribution in [3.8, 4) is 0 Å². The number of nitrogens with zero attached hydrogens (tertiary/aromatic N) is 3. The molecule has 2 aromatic rings. The van der Waals surface area contributed by atoms with Crippen LogP contribution < -0.4 is 5.32 Å². The molecule has 0 aliphatic rings. The third-order valence-electron chi connectivity index (χ3n) is 2.47. The van der Waals surface area contributed by atoms with Crippen molar-refractivity contribution in [3.63, 3.8) is 0 Å². The Balaban J connectivity index is 1.72. The highest BCUT2D eigenvalue weighted by molar-refractivity contribution is 7.07. The summed E-state index contributed by atoms with van der Waals surface area (Å²) >= 11 is 1.73. The van der Waals surface area contributed by atoms with Crippen LogP contribution in [0.1, 0.15) is 18.3 Å². The van der Waals surface area contributed by atoms with Gasteiger partial charge in [0.1, 0.15) is 12.2 Å². The van der Waals surface area contributed by atoms with Gasteiger partial charge in [0, 0.05) is 26.1 Å². The van der Waals surface area contributed by atoms with E-state index in [4.69, 9.17) is 0 Å². The number of hydrogen-bond donors (Lipinski definition) is 1. The van der Waals surface area contributed by atoms with Crippen molar-refractivity contribution in [2.75, 3.05) is 6.54 Å². The average molecular weight is 236 g/mol. The summed E-state index contributed by atoms with van der Waals surface area (Å²) in [4.78, 5) is 0. The zero-order valence-electron chi connectivity index (χ0n) is 9.39. The molecular formula is C11H16N4S. The molecule has 0 fully saturated rings. The second-order valence-electron chi connectivity index (χ2n) is 3.59. The first-order valence-electron chi connectivity index (χ1n) is 5.48. The van der Waals surface area contributed by atoms with Crippen molar-refractivity contribution in [2.45, 2.75) is 26.4 Å². The lowest BCUT2D eigenvalue weighted by Crippen LogP contribution is -2.18. The van der Waals surface area contributed by atoms with Crippen molar-refractivity contribution in [1.29, 1.82) is 0 Å². The van der Waals surface area contributed by atoms with Gasteiger partial charge in [0.15, 0.2) is 0 Å². The van der Waals surface area contributed by atoms with E-state index in [0.717, 1.165) is 31.9 Å². The maximum Gasteiger partial charge on any atom is 0.134 e. The Labute approximate surface area is 99.3 Å². The summed E-state index contributed by atoms with van der Waals surface area (Å²) in [5.41, 5.74) is 1.35. The first-order chi connectivity index (χ1) is 7.90. The Bertz CT molecular complexity index is 407. The summed E-state index contributed by atoms with van der Waals surface area (Å²) in [6.07, 6.45) is 2.71. The lowest BCUT2D eigenvalue weighted by molar-refractivity contribution is 0.633. The molecule has 2 rings (SSSR count). The molecule has 0 saturated carbocycles. The minimum absolute atomic E-state index is 0.929. The second-order valence-corrected chi connectivity index (χ2v) is 4.37. The SMILES string of the molecule is CCn1cnnc1CCNCc1ccsc1. The summed E-state index contributed by atoms with van der Waals surface area (Å²) in [6.45, 7) is 4.91. The number of hydrogen-bond acceptors (Lipinski definition) is 4. The van der Waals surface area contributed by atoms with Gasteiger partial charge in [0.2, 0.25) is 0 Å². The third kappa shape index (κ3) is 2.90. The molecule has 0 atom stereocenters. The summed E-state index contributed by atoms with van der Waals surface area (Å²) < 4.78 is 2.08. The monoisotopic (exact) mass is 236 g/mol. The van der Waals surface area contributed by atoms with Crippen molar-refractivity contribution in [2.24, 2.45) is 0 Å². The summed E-state index contributed by atoms with van der Waals surface area (Å²) in [7, 11) is 0. The number of aryl methyl sites for hydroxylation is 1. The number of nitrogens with one attached hydrogen (secondary N) is 1. The fraction of sp³-hybridized carbons (Fsp3) is 0.455. The quantitative estimate of drug-likeness (QED) is 0.776. The van der Waals surface area contributed by atoms with Crippen LogP contribution in [0.15, 0.2) is 23.2 Å². The van der Waals surface area contributed by atoms with E-state index in [1.54, 1.807) is 17.7 Å². The van der Waals surface area contributed by atoms with E-state index < -0.39 is 0 Å². The molecule has 0 aromatic carbocycles. The summed E-state index contributed by atoms with van der Waals surface area (Å²) in [6, 6.07) is 2.15. The molecule has 0 unspecified atom stereocenters. The van der Waals surface area contributed by atoms with E-state index in [9.17, 15) is 0 Å². The number of aromatic nitrogens is 3. The molecule has 0 saturated heterocycles. The van der Waals surface area contributed by atoms with Crippen LogP contribution in [0.5, 0.6) is 0 Å². The molecule has 4 nitrogen and oxygen atoms in total. The Morgan fingerprint density at radius 2 is 2.44 bits per heavy atom. The first-order valence-corrected chi connectivity index (χ1v) is 6.43. The zero-order chi connectivity index (χ0) is 11.2. The summed E-state index contributed by atoms with van der Waals surface area (Å²) in [5, 5.41) is 15.7.